The summed E-state index contributed by atoms with van der Waals surface area (Å²) in [7, 11) is 1.76. The van der Waals surface area contributed by atoms with Gasteiger partial charge in [-0.3, -0.25) is 4.79 Å². The summed E-state index contributed by atoms with van der Waals surface area (Å²) >= 11 is 3.24. The molecule has 0 bridgehead atoms. The molecule has 100 valence electrons. The molecule has 0 fully saturated rings. The monoisotopic (exact) mass is 322 g/mol. The quantitative estimate of drug-likeness (QED) is 0.880. The Morgan fingerprint density at radius 1 is 1.37 bits per heavy atom. The molecule has 0 spiro atoms. The lowest BCUT2D eigenvalue weighted by atomic mass is 10.1. The fourth-order valence-electron chi connectivity index (χ4n) is 1.77. The zero-order chi connectivity index (χ0) is 13.8. The lowest BCUT2D eigenvalue weighted by Gasteiger charge is -2.15. The van der Waals surface area contributed by atoms with Crippen molar-refractivity contribution in [2.45, 2.75) is 13.0 Å². The number of likely N-dealkylation sites (N-methyl/N-ethyl adjacent to an activating group) is 1. The first-order valence-electron chi connectivity index (χ1n) is 5.87. The number of halogens is 1. The van der Waals surface area contributed by atoms with Crippen LogP contribution in [-0.4, -0.2) is 17.9 Å². The van der Waals surface area contributed by atoms with E-state index in [0.29, 0.717) is 23.3 Å². The van der Waals surface area contributed by atoms with Crippen LogP contribution in [0.2, 0.25) is 0 Å². The summed E-state index contributed by atoms with van der Waals surface area (Å²) in [6.45, 7) is 0.451. The molecule has 0 radical (unpaired) electrons. The molecule has 19 heavy (non-hydrogen) atoms. The van der Waals surface area contributed by atoms with E-state index in [4.69, 9.17) is 10.2 Å². The fraction of sp³-hybridized carbons (Fsp3) is 0.214. The van der Waals surface area contributed by atoms with E-state index in [9.17, 15) is 4.79 Å². The standard InChI is InChI=1S/C14H15BrN2O2/c1-17(9-12-5-6-13(15)19-12)14(18)8-10-3-2-4-11(16)7-10/h2-7H,8-9,16H2,1H3. The molecule has 0 unspecified atom stereocenters. The molecule has 2 N–H and O–H groups in total. The highest BCUT2D eigenvalue weighted by Crippen LogP contribution is 2.16. The van der Waals surface area contributed by atoms with Crippen molar-refractivity contribution >= 4 is 27.5 Å². The predicted octanol–water partition coefficient (Wildman–Crippen LogP) is 2.83. The summed E-state index contributed by atoms with van der Waals surface area (Å²) in [5, 5.41) is 0. The van der Waals surface area contributed by atoms with Gasteiger partial charge in [0.1, 0.15) is 5.76 Å². The second-order valence-corrected chi connectivity index (χ2v) is 5.16. The van der Waals surface area contributed by atoms with E-state index in [0.717, 1.165) is 11.3 Å². The number of rotatable bonds is 4. The highest BCUT2D eigenvalue weighted by molar-refractivity contribution is 9.10. The molecule has 5 heteroatoms. The summed E-state index contributed by atoms with van der Waals surface area (Å²) in [5.41, 5.74) is 7.28. The average Bonchev–Trinajstić information content (AvgIpc) is 2.74. The number of nitrogen functional groups attached to an aromatic ring is 1. The van der Waals surface area contributed by atoms with Gasteiger partial charge in [-0.2, -0.15) is 0 Å². The maximum atomic E-state index is 12.1. The summed E-state index contributed by atoms with van der Waals surface area (Å²) in [5.74, 6) is 0.772. The van der Waals surface area contributed by atoms with Crippen LogP contribution in [0.25, 0.3) is 0 Å². The molecule has 1 amide bonds. The second kappa shape index (κ2) is 5.93. The van der Waals surface area contributed by atoms with Crippen LogP contribution >= 0.6 is 15.9 Å². The van der Waals surface area contributed by atoms with Crippen molar-refractivity contribution in [3.05, 3.63) is 52.4 Å². The van der Waals surface area contributed by atoms with E-state index in [1.807, 2.05) is 30.3 Å². The van der Waals surface area contributed by atoms with Gasteiger partial charge in [0.25, 0.3) is 0 Å². The zero-order valence-corrected chi connectivity index (χ0v) is 12.2. The predicted molar refractivity (Wildman–Crippen MR) is 77.4 cm³/mol. The Morgan fingerprint density at radius 3 is 2.79 bits per heavy atom. The Bertz CT molecular complexity index is 580. The molecule has 0 atom stereocenters. The SMILES string of the molecule is CN(Cc1ccc(Br)o1)C(=O)Cc1cccc(N)c1. The molecule has 0 saturated heterocycles. The van der Waals surface area contributed by atoms with Gasteiger partial charge < -0.3 is 15.1 Å². The van der Waals surface area contributed by atoms with Gasteiger partial charge >= 0.3 is 0 Å². The third-order valence-corrected chi connectivity index (χ3v) is 3.18. The molecular weight excluding hydrogens is 308 g/mol. The van der Waals surface area contributed by atoms with Crippen molar-refractivity contribution in [3.63, 3.8) is 0 Å². The molecule has 1 heterocycles. The van der Waals surface area contributed by atoms with Gasteiger partial charge in [0.2, 0.25) is 5.91 Å². The minimum absolute atomic E-state index is 0.0260. The van der Waals surface area contributed by atoms with E-state index < -0.39 is 0 Å². The van der Waals surface area contributed by atoms with Gasteiger partial charge in [0, 0.05) is 12.7 Å². The van der Waals surface area contributed by atoms with E-state index in [1.165, 1.54) is 0 Å². The van der Waals surface area contributed by atoms with Crippen LogP contribution < -0.4 is 5.73 Å². The Labute approximate surface area is 120 Å². The average molecular weight is 323 g/mol. The molecule has 0 aliphatic heterocycles. The maximum absolute atomic E-state index is 12.1. The van der Waals surface area contributed by atoms with Crippen molar-refractivity contribution in [1.82, 2.24) is 4.90 Å². The second-order valence-electron chi connectivity index (χ2n) is 4.38. The van der Waals surface area contributed by atoms with Gasteiger partial charge in [-0.15, -0.1) is 0 Å². The van der Waals surface area contributed by atoms with Crippen molar-refractivity contribution in [1.29, 1.82) is 0 Å². The first-order chi connectivity index (χ1) is 9.04. The summed E-state index contributed by atoms with van der Waals surface area (Å²) in [4.78, 5) is 13.7. The van der Waals surface area contributed by atoms with Crippen molar-refractivity contribution in [3.8, 4) is 0 Å². The van der Waals surface area contributed by atoms with Crippen molar-refractivity contribution < 1.29 is 9.21 Å². The van der Waals surface area contributed by atoms with Gasteiger partial charge in [0.05, 0.1) is 13.0 Å². The van der Waals surface area contributed by atoms with E-state index in [-0.39, 0.29) is 5.91 Å². The molecule has 2 rings (SSSR count). The van der Waals surface area contributed by atoms with E-state index in [2.05, 4.69) is 15.9 Å². The molecule has 1 aromatic carbocycles. The van der Waals surface area contributed by atoms with Gasteiger partial charge in [-0.1, -0.05) is 12.1 Å². The maximum Gasteiger partial charge on any atom is 0.227 e. The third-order valence-electron chi connectivity index (χ3n) is 2.75. The smallest absolute Gasteiger partial charge is 0.227 e. The number of furan rings is 1. The van der Waals surface area contributed by atoms with E-state index in [1.54, 1.807) is 18.0 Å². The number of benzene rings is 1. The largest absolute Gasteiger partial charge is 0.452 e. The zero-order valence-electron chi connectivity index (χ0n) is 10.6. The number of nitrogens with zero attached hydrogens (tertiary/aromatic N) is 1. The Balaban J connectivity index is 1.96. The molecular formula is C14H15BrN2O2. The lowest BCUT2D eigenvalue weighted by Crippen LogP contribution is -2.27. The Morgan fingerprint density at radius 2 is 2.16 bits per heavy atom. The molecule has 0 aliphatic carbocycles. The topological polar surface area (TPSA) is 59.5 Å². The van der Waals surface area contributed by atoms with Gasteiger partial charge in [-0.25, -0.2) is 0 Å². The number of carbonyl (C=O) groups is 1. The molecule has 4 nitrogen and oxygen atoms in total. The molecule has 0 saturated carbocycles. The minimum atomic E-state index is 0.0260. The highest BCUT2D eigenvalue weighted by Gasteiger charge is 2.12. The first kappa shape index (κ1) is 13.7. The normalized spacial score (nSPS) is 10.4. The van der Waals surface area contributed by atoms with Crippen LogP contribution in [0.1, 0.15) is 11.3 Å². The van der Waals surface area contributed by atoms with Gasteiger partial charge in [-0.05, 0) is 45.8 Å². The Hall–Kier alpha value is -1.75. The van der Waals surface area contributed by atoms with Crippen LogP contribution in [0.3, 0.4) is 0 Å². The summed E-state index contributed by atoms with van der Waals surface area (Å²) < 4.78 is 6.04. The number of carbonyl (C=O) groups excluding carboxylic acids is 1. The number of hydrogen-bond acceptors (Lipinski definition) is 3. The summed E-state index contributed by atoms with van der Waals surface area (Å²) in [6, 6.07) is 11.0. The van der Waals surface area contributed by atoms with Crippen molar-refractivity contribution in [2.75, 3.05) is 12.8 Å². The molecule has 1 aromatic heterocycles. The Kier molecular flexibility index (Phi) is 4.27. The summed E-state index contributed by atoms with van der Waals surface area (Å²) in [6.07, 6.45) is 0.337. The first-order valence-corrected chi connectivity index (χ1v) is 6.66. The van der Waals surface area contributed by atoms with Crippen molar-refractivity contribution in [2.24, 2.45) is 0 Å². The van der Waals surface area contributed by atoms with Crippen LogP contribution in [0.15, 0.2) is 45.5 Å². The number of hydrogen-bond donors (Lipinski definition) is 1. The highest BCUT2D eigenvalue weighted by atomic mass is 79.9. The third kappa shape index (κ3) is 3.86. The van der Waals surface area contributed by atoms with Crippen LogP contribution in [0, 0.1) is 0 Å². The van der Waals surface area contributed by atoms with Crippen LogP contribution in [-0.2, 0) is 17.8 Å². The molecule has 2 aromatic rings. The number of anilines is 1. The number of nitrogens with two attached hydrogens (primary N) is 1. The van der Waals surface area contributed by atoms with E-state index >= 15 is 0 Å². The lowest BCUT2D eigenvalue weighted by molar-refractivity contribution is -0.129. The van der Waals surface area contributed by atoms with Gasteiger partial charge in [0.15, 0.2) is 4.67 Å². The fourth-order valence-corrected chi connectivity index (χ4v) is 2.11. The molecule has 0 aliphatic rings. The minimum Gasteiger partial charge on any atom is -0.452 e. The van der Waals surface area contributed by atoms with Crippen LogP contribution in [0.4, 0.5) is 5.69 Å². The van der Waals surface area contributed by atoms with Crippen LogP contribution in [0.5, 0.6) is 0 Å². The number of amides is 1.